The number of rotatable bonds is 2. The Morgan fingerprint density at radius 1 is 1.19 bits per heavy atom. The summed E-state index contributed by atoms with van der Waals surface area (Å²) in [7, 11) is 1.72. The van der Waals surface area contributed by atoms with Gasteiger partial charge in [-0.1, -0.05) is 31.2 Å². The van der Waals surface area contributed by atoms with Gasteiger partial charge >= 0.3 is 6.18 Å². The Hall–Kier alpha value is -2.47. The Morgan fingerprint density at radius 2 is 1.93 bits per heavy atom. The number of nitrogens with one attached hydrogen (secondary N) is 1. The summed E-state index contributed by atoms with van der Waals surface area (Å²) in [6.07, 6.45) is -1.13. The number of benzene rings is 2. The van der Waals surface area contributed by atoms with Crippen LogP contribution in [-0.2, 0) is 6.18 Å². The molecule has 0 fully saturated rings. The van der Waals surface area contributed by atoms with Crippen molar-refractivity contribution >= 4 is 28.2 Å². The van der Waals surface area contributed by atoms with Crippen LogP contribution in [0.15, 0.2) is 36.5 Å². The van der Waals surface area contributed by atoms with Crippen molar-refractivity contribution in [2.75, 3.05) is 7.05 Å². The molecule has 0 spiro atoms. The highest BCUT2D eigenvalue weighted by Crippen LogP contribution is 2.56. The first-order chi connectivity index (χ1) is 12.8. The molecule has 1 unspecified atom stereocenters. The van der Waals surface area contributed by atoms with Gasteiger partial charge in [-0.05, 0) is 41.6 Å². The summed E-state index contributed by atoms with van der Waals surface area (Å²) < 4.78 is 46.8. The average molecular weight is 389 g/mol. The van der Waals surface area contributed by atoms with Crippen molar-refractivity contribution in [2.45, 2.75) is 25.9 Å². The lowest BCUT2D eigenvalue weighted by molar-refractivity contribution is -0.135. The normalized spacial score (nSPS) is 16.3. The molecule has 0 aliphatic carbocycles. The monoisotopic (exact) mass is 389 g/mol. The fourth-order valence-corrected chi connectivity index (χ4v) is 4.91. The lowest BCUT2D eigenvalue weighted by atomic mass is 9.84. The van der Waals surface area contributed by atoms with Crippen molar-refractivity contribution in [1.29, 1.82) is 0 Å². The van der Waals surface area contributed by atoms with E-state index >= 15 is 0 Å². The Morgan fingerprint density at radius 3 is 2.63 bits per heavy atom. The summed E-state index contributed by atoms with van der Waals surface area (Å²) >= 11 is 0.730. The lowest BCUT2D eigenvalue weighted by Crippen LogP contribution is -2.12. The predicted molar refractivity (Wildman–Crippen MR) is 104 cm³/mol. The minimum atomic E-state index is -4.45. The summed E-state index contributed by atoms with van der Waals surface area (Å²) in [5, 5.41) is 4.90. The van der Waals surface area contributed by atoms with Crippen LogP contribution in [0.4, 0.5) is 13.2 Å². The Labute approximate surface area is 159 Å². The van der Waals surface area contributed by atoms with Crippen LogP contribution in [0.5, 0.6) is 11.5 Å². The third-order valence-electron chi connectivity index (χ3n) is 4.99. The van der Waals surface area contributed by atoms with Gasteiger partial charge in [-0.2, -0.15) is 13.2 Å². The molecule has 1 aromatic heterocycles. The topological polar surface area (TPSA) is 21.3 Å². The van der Waals surface area contributed by atoms with E-state index in [0.29, 0.717) is 16.2 Å². The van der Waals surface area contributed by atoms with Gasteiger partial charge in [0.25, 0.3) is 0 Å². The fraction of sp³-hybridized carbons (Fsp3) is 0.238. The van der Waals surface area contributed by atoms with Crippen LogP contribution in [0.2, 0.25) is 0 Å². The maximum Gasteiger partial charge on any atom is 0.429 e. The minimum absolute atomic E-state index is 0.0575. The molecule has 140 valence electrons. The number of thiophene rings is 1. The maximum absolute atomic E-state index is 13.6. The molecule has 4 rings (SSSR count). The van der Waals surface area contributed by atoms with Crippen molar-refractivity contribution in [3.63, 3.8) is 0 Å². The van der Waals surface area contributed by atoms with Gasteiger partial charge in [0.2, 0.25) is 0 Å². The largest absolute Gasteiger partial charge is 0.455 e. The zero-order valence-electron chi connectivity index (χ0n) is 15.1. The number of aryl methyl sites for hydroxylation is 1. The molecule has 0 saturated heterocycles. The summed E-state index contributed by atoms with van der Waals surface area (Å²) in [4.78, 5) is -0.117. The smallest absolute Gasteiger partial charge is 0.429 e. The molecule has 1 atom stereocenters. The molecule has 0 radical (unpaired) electrons. The quantitative estimate of drug-likeness (QED) is 0.528. The predicted octanol–water partition coefficient (Wildman–Crippen LogP) is 6.68. The SMILES string of the molecule is CN/C=C\c1sc(C(F)(F)F)c2c1C(C)c1c(cc3ccccc3c1C)O2. The van der Waals surface area contributed by atoms with Crippen molar-refractivity contribution < 1.29 is 17.9 Å². The molecule has 1 aliphatic rings. The van der Waals surface area contributed by atoms with Crippen molar-refractivity contribution in [3.05, 3.63) is 63.0 Å². The Balaban J connectivity index is 1.98. The van der Waals surface area contributed by atoms with Crippen LogP contribution in [0, 0.1) is 6.92 Å². The molecule has 27 heavy (non-hydrogen) atoms. The molecule has 2 nitrogen and oxygen atoms in total. The second-order valence-electron chi connectivity index (χ2n) is 6.62. The van der Waals surface area contributed by atoms with Gasteiger partial charge in [-0.25, -0.2) is 0 Å². The van der Waals surface area contributed by atoms with Crippen LogP contribution in [0.3, 0.4) is 0 Å². The van der Waals surface area contributed by atoms with Crippen molar-refractivity contribution in [2.24, 2.45) is 0 Å². The molecule has 2 aromatic carbocycles. The van der Waals surface area contributed by atoms with Gasteiger partial charge < -0.3 is 10.1 Å². The second-order valence-corrected chi connectivity index (χ2v) is 7.67. The third-order valence-corrected chi connectivity index (χ3v) is 6.18. The Kier molecular flexibility index (Phi) is 4.18. The van der Waals surface area contributed by atoms with Crippen molar-refractivity contribution in [3.8, 4) is 11.5 Å². The number of hydrogen-bond donors (Lipinski definition) is 1. The minimum Gasteiger partial charge on any atom is -0.455 e. The highest BCUT2D eigenvalue weighted by molar-refractivity contribution is 7.13. The maximum atomic E-state index is 13.6. The standard InChI is InChI=1S/C21H18F3NOS/c1-11-14-7-5-4-6-13(14)10-15-17(11)12(2)18-16(8-9-25-3)27-20(19(18)26-15)21(22,23)24/h4-10,12,25H,1-3H3/b9-8-. The van der Waals surface area contributed by atoms with Crippen LogP contribution < -0.4 is 10.1 Å². The average Bonchev–Trinajstić information content (AvgIpc) is 2.99. The molecule has 0 amide bonds. The van der Waals surface area contributed by atoms with Gasteiger partial charge in [-0.3, -0.25) is 0 Å². The van der Waals surface area contributed by atoms with Crippen LogP contribution in [0.1, 0.15) is 39.3 Å². The number of halogens is 3. The van der Waals surface area contributed by atoms with Crippen LogP contribution in [-0.4, -0.2) is 7.05 Å². The van der Waals surface area contributed by atoms with Gasteiger partial charge in [0, 0.05) is 29.0 Å². The lowest BCUT2D eigenvalue weighted by Gasteiger charge is -2.27. The van der Waals surface area contributed by atoms with E-state index in [1.807, 2.05) is 44.2 Å². The number of hydrogen-bond acceptors (Lipinski definition) is 3. The first-order valence-electron chi connectivity index (χ1n) is 8.60. The Bertz CT molecular complexity index is 1070. The molecule has 1 N–H and O–H groups in total. The van der Waals surface area contributed by atoms with Gasteiger partial charge in [0.1, 0.15) is 5.75 Å². The van der Waals surface area contributed by atoms with E-state index in [9.17, 15) is 13.2 Å². The number of ether oxygens (including phenoxy) is 1. The zero-order valence-corrected chi connectivity index (χ0v) is 15.9. The summed E-state index contributed by atoms with van der Waals surface area (Å²) in [6, 6.07) is 9.71. The van der Waals surface area contributed by atoms with Crippen LogP contribution in [0.25, 0.3) is 16.8 Å². The summed E-state index contributed by atoms with van der Waals surface area (Å²) in [5.74, 6) is 0.258. The van der Waals surface area contributed by atoms with Crippen LogP contribution >= 0.6 is 11.3 Å². The number of alkyl halides is 3. The van der Waals surface area contributed by atoms with E-state index in [0.717, 1.165) is 33.2 Å². The first kappa shape index (κ1) is 17.9. The van der Waals surface area contributed by atoms with E-state index in [1.54, 1.807) is 19.3 Å². The third kappa shape index (κ3) is 2.79. The highest BCUT2D eigenvalue weighted by Gasteiger charge is 2.42. The molecule has 0 bridgehead atoms. The molecule has 1 aliphatic heterocycles. The van der Waals surface area contributed by atoms with Gasteiger partial charge in [-0.15, -0.1) is 11.3 Å². The fourth-order valence-electron chi connectivity index (χ4n) is 3.82. The number of fused-ring (bicyclic) bond motifs is 3. The zero-order chi connectivity index (χ0) is 19.3. The first-order valence-corrected chi connectivity index (χ1v) is 9.42. The van der Waals surface area contributed by atoms with E-state index in [1.165, 1.54) is 0 Å². The molecule has 6 heteroatoms. The molecular formula is C21H18F3NOS. The second kappa shape index (κ2) is 6.30. The van der Waals surface area contributed by atoms with Gasteiger partial charge in [0.15, 0.2) is 10.6 Å². The van der Waals surface area contributed by atoms with Crippen molar-refractivity contribution in [1.82, 2.24) is 5.32 Å². The summed E-state index contributed by atoms with van der Waals surface area (Å²) in [6.45, 7) is 3.96. The highest BCUT2D eigenvalue weighted by atomic mass is 32.1. The van der Waals surface area contributed by atoms with E-state index in [2.05, 4.69) is 5.32 Å². The molecule has 2 heterocycles. The van der Waals surface area contributed by atoms with E-state index < -0.39 is 11.1 Å². The van der Waals surface area contributed by atoms with E-state index in [4.69, 9.17) is 4.74 Å². The summed E-state index contributed by atoms with van der Waals surface area (Å²) in [5.41, 5.74) is 2.60. The molecule has 3 aromatic rings. The molecule has 0 saturated carbocycles. The van der Waals surface area contributed by atoms with Gasteiger partial charge in [0.05, 0.1) is 0 Å². The van der Waals surface area contributed by atoms with E-state index in [-0.39, 0.29) is 11.7 Å². The molecular weight excluding hydrogens is 371 g/mol.